The molecule has 0 nitrogen and oxygen atoms in total. The van der Waals surface area contributed by atoms with Gasteiger partial charge in [0.2, 0.25) is 0 Å². The molecule has 76 valence electrons. The first-order chi connectivity index (χ1) is 6.36. The highest BCUT2D eigenvalue weighted by molar-refractivity contribution is 9.09. The molecule has 1 aliphatic carbocycles. The average Bonchev–Trinajstić information content (AvgIpc) is 2.19. The Balaban J connectivity index is 2.17. The number of alkyl halides is 1. The minimum Gasteiger partial charge on any atom is -0.0925 e. The Labute approximate surface area is 90.9 Å². The first-order valence-corrected chi connectivity index (χ1v) is 6.71. The van der Waals surface area contributed by atoms with Crippen molar-refractivity contribution < 1.29 is 0 Å². The zero-order valence-electron chi connectivity index (χ0n) is 8.64. The molecule has 1 saturated carbocycles. The minimum absolute atomic E-state index is 0.891. The Morgan fingerprint density at radius 1 is 1.23 bits per heavy atom. The van der Waals surface area contributed by atoms with Gasteiger partial charge in [0.15, 0.2) is 0 Å². The highest BCUT2D eigenvalue weighted by Crippen LogP contribution is 2.31. The lowest BCUT2D eigenvalue weighted by Gasteiger charge is -2.25. The molecule has 1 fully saturated rings. The topological polar surface area (TPSA) is 0 Å². The summed E-state index contributed by atoms with van der Waals surface area (Å²) in [6, 6.07) is 0. The third-order valence-electron chi connectivity index (χ3n) is 3.15. The van der Waals surface area contributed by atoms with Crippen molar-refractivity contribution in [2.45, 2.75) is 45.4 Å². The summed E-state index contributed by atoms with van der Waals surface area (Å²) in [4.78, 5) is 0. The molecule has 13 heavy (non-hydrogen) atoms. The fourth-order valence-electron chi connectivity index (χ4n) is 2.14. The second-order valence-corrected chi connectivity index (χ2v) is 4.89. The van der Waals surface area contributed by atoms with Gasteiger partial charge in [0.05, 0.1) is 0 Å². The van der Waals surface area contributed by atoms with Gasteiger partial charge in [-0.05, 0) is 43.9 Å². The van der Waals surface area contributed by atoms with Gasteiger partial charge in [0, 0.05) is 5.33 Å². The number of allylic oxidation sites excluding steroid dienone is 2. The smallest absolute Gasteiger partial charge is 0.00659 e. The van der Waals surface area contributed by atoms with E-state index in [2.05, 4.69) is 35.0 Å². The minimum atomic E-state index is 0.891. The van der Waals surface area contributed by atoms with E-state index < -0.39 is 0 Å². The molecule has 0 N–H and O–H groups in total. The van der Waals surface area contributed by atoms with E-state index in [0.717, 1.165) is 17.2 Å². The van der Waals surface area contributed by atoms with E-state index in [9.17, 15) is 0 Å². The molecule has 0 bridgehead atoms. The van der Waals surface area contributed by atoms with Crippen LogP contribution in [0, 0.1) is 11.8 Å². The molecule has 0 spiro atoms. The van der Waals surface area contributed by atoms with Gasteiger partial charge in [-0.25, -0.2) is 0 Å². The molecule has 0 aliphatic heterocycles. The van der Waals surface area contributed by atoms with Crippen LogP contribution in [0.15, 0.2) is 12.2 Å². The highest BCUT2D eigenvalue weighted by Gasteiger charge is 2.17. The molecule has 1 rings (SSSR count). The monoisotopic (exact) mass is 244 g/mol. The molecule has 0 aromatic rings. The molecule has 0 amide bonds. The Hall–Kier alpha value is 0.220. The van der Waals surface area contributed by atoms with E-state index in [1.807, 2.05) is 0 Å². The number of halogens is 1. The number of rotatable bonds is 4. The van der Waals surface area contributed by atoms with Crippen molar-refractivity contribution in [2.75, 3.05) is 5.33 Å². The van der Waals surface area contributed by atoms with Gasteiger partial charge in [-0.2, -0.15) is 0 Å². The SMILES string of the molecule is CCC1CCC(C=CCCBr)CC1. The Bertz CT molecular complexity index is 143. The number of hydrogen-bond donors (Lipinski definition) is 0. The lowest BCUT2D eigenvalue weighted by atomic mass is 9.81. The van der Waals surface area contributed by atoms with Crippen LogP contribution in [0.25, 0.3) is 0 Å². The molecule has 1 aliphatic rings. The van der Waals surface area contributed by atoms with E-state index in [0.29, 0.717) is 0 Å². The fraction of sp³-hybridized carbons (Fsp3) is 0.833. The maximum Gasteiger partial charge on any atom is 0.00659 e. The maximum atomic E-state index is 3.44. The van der Waals surface area contributed by atoms with Gasteiger partial charge >= 0.3 is 0 Å². The van der Waals surface area contributed by atoms with Crippen molar-refractivity contribution in [3.05, 3.63) is 12.2 Å². The van der Waals surface area contributed by atoms with Gasteiger partial charge in [-0.1, -0.05) is 41.4 Å². The quantitative estimate of drug-likeness (QED) is 0.503. The van der Waals surface area contributed by atoms with Crippen LogP contribution < -0.4 is 0 Å². The highest BCUT2D eigenvalue weighted by atomic mass is 79.9. The van der Waals surface area contributed by atoms with E-state index >= 15 is 0 Å². The molecule has 1 heteroatoms. The van der Waals surface area contributed by atoms with Crippen LogP contribution in [-0.4, -0.2) is 5.33 Å². The zero-order valence-corrected chi connectivity index (χ0v) is 10.2. The summed E-state index contributed by atoms with van der Waals surface area (Å²) < 4.78 is 0. The first kappa shape index (κ1) is 11.3. The molecule has 0 saturated heterocycles. The summed E-state index contributed by atoms with van der Waals surface area (Å²) in [6.45, 7) is 2.33. The summed E-state index contributed by atoms with van der Waals surface area (Å²) in [5, 5.41) is 1.10. The summed E-state index contributed by atoms with van der Waals surface area (Å²) in [6.07, 6.45) is 13.1. The van der Waals surface area contributed by atoms with Crippen molar-refractivity contribution in [1.82, 2.24) is 0 Å². The Kier molecular flexibility index (Phi) is 5.77. The van der Waals surface area contributed by atoms with Crippen molar-refractivity contribution in [2.24, 2.45) is 11.8 Å². The molecule has 0 aromatic heterocycles. The Morgan fingerprint density at radius 3 is 2.46 bits per heavy atom. The van der Waals surface area contributed by atoms with Crippen molar-refractivity contribution in [3.63, 3.8) is 0 Å². The standard InChI is InChI=1S/C12H21Br/c1-2-11-6-8-12(9-7-11)5-3-4-10-13/h3,5,11-12H,2,4,6-10H2,1H3. The third kappa shape index (κ3) is 4.30. The van der Waals surface area contributed by atoms with Gasteiger partial charge in [0.25, 0.3) is 0 Å². The predicted octanol–water partition coefficient (Wildman–Crippen LogP) is 4.54. The molecule has 0 atom stereocenters. The summed E-state index contributed by atoms with van der Waals surface area (Å²) in [7, 11) is 0. The first-order valence-electron chi connectivity index (χ1n) is 5.59. The molecule has 0 aromatic carbocycles. The van der Waals surface area contributed by atoms with Crippen LogP contribution in [-0.2, 0) is 0 Å². The lowest BCUT2D eigenvalue weighted by Crippen LogP contribution is -2.12. The molecule has 0 unspecified atom stereocenters. The molecule has 0 heterocycles. The van der Waals surface area contributed by atoms with Crippen molar-refractivity contribution >= 4 is 15.9 Å². The van der Waals surface area contributed by atoms with Gasteiger partial charge in [0.1, 0.15) is 0 Å². The van der Waals surface area contributed by atoms with Crippen molar-refractivity contribution in [3.8, 4) is 0 Å². The summed E-state index contributed by atoms with van der Waals surface area (Å²) in [5.41, 5.74) is 0. The van der Waals surface area contributed by atoms with Crippen LogP contribution in [0.5, 0.6) is 0 Å². The molecular weight excluding hydrogens is 224 g/mol. The van der Waals surface area contributed by atoms with Crippen LogP contribution in [0.1, 0.15) is 45.4 Å². The fourth-order valence-corrected chi connectivity index (χ4v) is 2.40. The van der Waals surface area contributed by atoms with Crippen molar-refractivity contribution in [1.29, 1.82) is 0 Å². The van der Waals surface area contributed by atoms with Crippen LogP contribution >= 0.6 is 15.9 Å². The lowest BCUT2D eigenvalue weighted by molar-refractivity contribution is 0.303. The number of hydrogen-bond acceptors (Lipinski definition) is 0. The predicted molar refractivity (Wildman–Crippen MR) is 63.3 cm³/mol. The summed E-state index contributed by atoms with van der Waals surface area (Å²) >= 11 is 3.44. The van der Waals surface area contributed by atoms with Gasteiger partial charge < -0.3 is 0 Å². The van der Waals surface area contributed by atoms with Crippen LogP contribution in [0.2, 0.25) is 0 Å². The van der Waals surface area contributed by atoms with Crippen LogP contribution in [0.4, 0.5) is 0 Å². The maximum absolute atomic E-state index is 3.44. The van der Waals surface area contributed by atoms with E-state index in [4.69, 9.17) is 0 Å². The van der Waals surface area contributed by atoms with Gasteiger partial charge in [-0.3, -0.25) is 0 Å². The third-order valence-corrected chi connectivity index (χ3v) is 3.61. The second kappa shape index (κ2) is 6.64. The molecule has 0 radical (unpaired) electrons. The van der Waals surface area contributed by atoms with E-state index in [1.165, 1.54) is 38.5 Å². The largest absolute Gasteiger partial charge is 0.0925 e. The normalized spacial score (nSPS) is 29.7. The van der Waals surface area contributed by atoms with E-state index in [1.54, 1.807) is 0 Å². The zero-order chi connectivity index (χ0) is 9.52. The summed E-state index contributed by atoms with van der Waals surface area (Å²) in [5.74, 6) is 1.92. The van der Waals surface area contributed by atoms with E-state index in [-0.39, 0.29) is 0 Å². The molecular formula is C12H21Br. The Morgan fingerprint density at radius 2 is 1.92 bits per heavy atom. The second-order valence-electron chi connectivity index (χ2n) is 4.09. The average molecular weight is 245 g/mol. The van der Waals surface area contributed by atoms with Gasteiger partial charge in [-0.15, -0.1) is 0 Å². The van der Waals surface area contributed by atoms with Crippen LogP contribution in [0.3, 0.4) is 0 Å².